The van der Waals surface area contributed by atoms with Crippen LogP contribution in [0.2, 0.25) is 0 Å². The van der Waals surface area contributed by atoms with Crippen molar-refractivity contribution in [3.63, 3.8) is 0 Å². The zero-order chi connectivity index (χ0) is 14.8. The molecule has 2 N–H and O–H groups in total. The minimum Gasteiger partial charge on any atom is -0.339 e. The lowest BCUT2D eigenvalue weighted by atomic mass is 9.95. The number of hydrogen-bond donors (Lipinski definition) is 2. The van der Waals surface area contributed by atoms with E-state index in [-0.39, 0.29) is 12.0 Å². The molecule has 5 nitrogen and oxygen atoms in total. The molecular formula is C17H16N4O. The highest BCUT2D eigenvalue weighted by atomic mass is 16.5. The van der Waals surface area contributed by atoms with Crippen LogP contribution in [0.3, 0.4) is 0 Å². The van der Waals surface area contributed by atoms with Crippen LogP contribution in [-0.2, 0) is 0 Å². The van der Waals surface area contributed by atoms with Crippen LogP contribution in [0, 0.1) is 0 Å². The summed E-state index contributed by atoms with van der Waals surface area (Å²) in [5.74, 6) is 1.41. The van der Waals surface area contributed by atoms with Gasteiger partial charge >= 0.3 is 0 Å². The highest BCUT2D eigenvalue weighted by Crippen LogP contribution is 2.33. The van der Waals surface area contributed by atoms with Crippen molar-refractivity contribution in [1.29, 1.82) is 0 Å². The summed E-state index contributed by atoms with van der Waals surface area (Å²) in [6.45, 7) is 0.760. The smallest absolute Gasteiger partial charge is 0.233 e. The number of aromatic nitrogens is 2. The molecule has 0 amide bonds. The van der Waals surface area contributed by atoms with Gasteiger partial charge in [0.05, 0.1) is 12.0 Å². The molecule has 1 aliphatic rings. The average molecular weight is 292 g/mol. The SMILES string of the molecule is c1ccc(-c2noc(C3CNNC3c3ccccc3)n2)cc1. The Morgan fingerprint density at radius 3 is 2.45 bits per heavy atom. The Morgan fingerprint density at radius 1 is 0.955 bits per heavy atom. The first-order valence-electron chi connectivity index (χ1n) is 7.34. The third-order valence-corrected chi connectivity index (χ3v) is 3.93. The van der Waals surface area contributed by atoms with E-state index in [1.165, 1.54) is 5.56 Å². The second-order valence-electron chi connectivity index (χ2n) is 5.34. The van der Waals surface area contributed by atoms with E-state index in [1.807, 2.05) is 48.5 Å². The fourth-order valence-electron chi connectivity index (χ4n) is 2.79. The Bertz CT molecular complexity index is 742. The summed E-state index contributed by atoms with van der Waals surface area (Å²) in [6.07, 6.45) is 0. The van der Waals surface area contributed by atoms with Crippen LogP contribution >= 0.6 is 0 Å². The average Bonchev–Trinajstić information content (AvgIpc) is 3.25. The van der Waals surface area contributed by atoms with Gasteiger partial charge in [0.25, 0.3) is 0 Å². The number of hydrazine groups is 1. The van der Waals surface area contributed by atoms with Gasteiger partial charge < -0.3 is 4.52 Å². The summed E-state index contributed by atoms with van der Waals surface area (Å²) in [5, 5.41) is 4.12. The topological polar surface area (TPSA) is 63.0 Å². The molecule has 22 heavy (non-hydrogen) atoms. The van der Waals surface area contributed by atoms with Gasteiger partial charge in [-0.3, -0.25) is 5.43 Å². The Labute approximate surface area is 128 Å². The predicted molar refractivity (Wildman–Crippen MR) is 82.8 cm³/mol. The number of rotatable bonds is 3. The molecule has 2 atom stereocenters. The van der Waals surface area contributed by atoms with Crippen LogP contribution in [0.15, 0.2) is 65.2 Å². The van der Waals surface area contributed by atoms with E-state index in [1.54, 1.807) is 0 Å². The van der Waals surface area contributed by atoms with Gasteiger partial charge in [0.1, 0.15) is 0 Å². The first-order chi connectivity index (χ1) is 10.9. The van der Waals surface area contributed by atoms with E-state index in [4.69, 9.17) is 4.52 Å². The molecule has 2 unspecified atom stereocenters. The normalized spacial score (nSPS) is 21.1. The molecule has 0 bridgehead atoms. The van der Waals surface area contributed by atoms with E-state index < -0.39 is 0 Å². The molecule has 2 aromatic carbocycles. The van der Waals surface area contributed by atoms with Crippen molar-refractivity contribution < 1.29 is 4.52 Å². The molecule has 1 fully saturated rings. The molecule has 0 saturated carbocycles. The second-order valence-corrected chi connectivity index (χ2v) is 5.34. The number of nitrogens with one attached hydrogen (secondary N) is 2. The largest absolute Gasteiger partial charge is 0.339 e. The molecule has 1 aliphatic heterocycles. The van der Waals surface area contributed by atoms with Crippen LogP contribution < -0.4 is 10.9 Å². The lowest BCUT2D eigenvalue weighted by Gasteiger charge is -2.15. The van der Waals surface area contributed by atoms with E-state index >= 15 is 0 Å². The maximum absolute atomic E-state index is 5.51. The minimum absolute atomic E-state index is 0.118. The van der Waals surface area contributed by atoms with Gasteiger partial charge in [-0.15, -0.1) is 0 Å². The quantitative estimate of drug-likeness (QED) is 0.777. The van der Waals surface area contributed by atoms with E-state index in [9.17, 15) is 0 Å². The number of benzene rings is 2. The van der Waals surface area contributed by atoms with Gasteiger partial charge in [0.2, 0.25) is 11.7 Å². The first-order valence-corrected chi connectivity index (χ1v) is 7.34. The van der Waals surface area contributed by atoms with Crippen LogP contribution in [0.25, 0.3) is 11.4 Å². The standard InChI is InChI=1S/C17H16N4O/c1-3-7-12(8-4-1)15-14(11-18-20-15)17-19-16(21-22-17)13-9-5-2-6-10-13/h1-10,14-15,18,20H,11H2. The van der Waals surface area contributed by atoms with Crippen molar-refractivity contribution in [2.24, 2.45) is 0 Å². The van der Waals surface area contributed by atoms with Crippen LogP contribution in [0.4, 0.5) is 0 Å². The maximum atomic E-state index is 5.51. The third-order valence-electron chi connectivity index (χ3n) is 3.93. The molecule has 0 aliphatic carbocycles. The summed E-state index contributed by atoms with van der Waals surface area (Å²) < 4.78 is 5.51. The fraction of sp³-hybridized carbons (Fsp3) is 0.176. The minimum atomic E-state index is 0.118. The monoisotopic (exact) mass is 292 g/mol. The fourth-order valence-corrected chi connectivity index (χ4v) is 2.79. The van der Waals surface area contributed by atoms with Crippen molar-refractivity contribution in [2.45, 2.75) is 12.0 Å². The summed E-state index contributed by atoms with van der Waals surface area (Å²) in [7, 11) is 0. The van der Waals surface area contributed by atoms with Gasteiger partial charge in [-0.25, -0.2) is 5.43 Å². The molecule has 2 heterocycles. The zero-order valence-electron chi connectivity index (χ0n) is 11.9. The Morgan fingerprint density at radius 2 is 1.68 bits per heavy atom. The van der Waals surface area contributed by atoms with Gasteiger partial charge in [-0.1, -0.05) is 65.8 Å². The number of hydrogen-bond acceptors (Lipinski definition) is 5. The summed E-state index contributed by atoms with van der Waals surface area (Å²) >= 11 is 0. The van der Waals surface area contributed by atoms with Gasteiger partial charge in [0, 0.05) is 12.1 Å². The van der Waals surface area contributed by atoms with Crippen molar-refractivity contribution in [2.75, 3.05) is 6.54 Å². The zero-order valence-corrected chi connectivity index (χ0v) is 11.9. The predicted octanol–water partition coefficient (Wildman–Crippen LogP) is 2.67. The highest BCUT2D eigenvalue weighted by Gasteiger charge is 2.33. The van der Waals surface area contributed by atoms with Crippen LogP contribution in [0.5, 0.6) is 0 Å². The molecule has 1 saturated heterocycles. The third kappa shape index (κ3) is 2.41. The van der Waals surface area contributed by atoms with Crippen molar-refractivity contribution >= 4 is 0 Å². The first kappa shape index (κ1) is 13.2. The van der Waals surface area contributed by atoms with E-state index in [0.29, 0.717) is 11.7 Å². The van der Waals surface area contributed by atoms with Crippen molar-refractivity contribution in [3.05, 3.63) is 72.1 Å². The maximum Gasteiger partial charge on any atom is 0.233 e. The Balaban J connectivity index is 1.63. The highest BCUT2D eigenvalue weighted by molar-refractivity contribution is 5.53. The van der Waals surface area contributed by atoms with Gasteiger partial charge in [-0.05, 0) is 5.56 Å². The van der Waals surface area contributed by atoms with Crippen LogP contribution in [-0.4, -0.2) is 16.7 Å². The summed E-state index contributed by atoms with van der Waals surface area (Å²) in [5.41, 5.74) is 8.65. The summed E-state index contributed by atoms with van der Waals surface area (Å²) in [4.78, 5) is 4.58. The second kappa shape index (κ2) is 5.71. The van der Waals surface area contributed by atoms with Gasteiger partial charge in [0.15, 0.2) is 0 Å². The Hall–Kier alpha value is -2.50. The van der Waals surface area contributed by atoms with E-state index in [0.717, 1.165) is 12.1 Å². The molecule has 5 heteroatoms. The molecule has 3 aromatic rings. The Kier molecular flexibility index (Phi) is 3.42. The molecule has 0 spiro atoms. The lowest BCUT2D eigenvalue weighted by Crippen LogP contribution is -2.24. The van der Waals surface area contributed by atoms with E-state index in [2.05, 4.69) is 33.1 Å². The molecule has 110 valence electrons. The van der Waals surface area contributed by atoms with Crippen molar-refractivity contribution in [3.8, 4) is 11.4 Å². The molecule has 0 radical (unpaired) electrons. The summed E-state index contributed by atoms with van der Waals surface area (Å²) in [6, 6.07) is 20.3. The van der Waals surface area contributed by atoms with Crippen molar-refractivity contribution in [1.82, 2.24) is 21.0 Å². The van der Waals surface area contributed by atoms with Gasteiger partial charge in [-0.2, -0.15) is 4.98 Å². The molecule has 1 aromatic heterocycles. The molecular weight excluding hydrogens is 276 g/mol. The molecule has 4 rings (SSSR count). The number of nitrogens with zero attached hydrogens (tertiary/aromatic N) is 2. The lowest BCUT2D eigenvalue weighted by molar-refractivity contribution is 0.347. The van der Waals surface area contributed by atoms with Crippen LogP contribution in [0.1, 0.15) is 23.4 Å².